The molecule has 0 aromatic heterocycles. The van der Waals surface area contributed by atoms with Crippen LogP contribution >= 0.6 is 0 Å². The molecule has 3 N–H and O–H groups in total. The fourth-order valence-electron chi connectivity index (χ4n) is 3.51. The van der Waals surface area contributed by atoms with Crippen LogP contribution in [0.5, 0.6) is 0 Å². The number of carbonyl (C=O) groups is 1. The molecule has 0 radical (unpaired) electrons. The highest BCUT2D eigenvalue weighted by Crippen LogP contribution is 2.31. The van der Waals surface area contributed by atoms with Crippen LogP contribution in [0.25, 0.3) is 0 Å². The lowest BCUT2D eigenvalue weighted by molar-refractivity contribution is -0.116. The van der Waals surface area contributed by atoms with Crippen molar-refractivity contribution in [2.24, 2.45) is 4.99 Å². The Bertz CT molecular complexity index is 846. The third-order valence-electron chi connectivity index (χ3n) is 4.80. The highest BCUT2D eigenvalue weighted by Gasteiger charge is 2.24. The summed E-state index contributed by atoms with van der Waals surface area (Å²) in [7, 11) is 5.90. The minimum Gasteiger partial charge on any atom is -0.356 e. The number of benzene rings is 2. The number of carbonyl (C=O) groups excluding carboxylic acids is 1. The minimum atomic E-state index is 0.0613. The van der Waals surface area contributed by atoms with Crippen LogP contribution in [0.4, 0.5) is 5.69 Å². The van der Waals surface area contributed by atoms with Crippen molar-refractivity contribution in [2.75, 3.05) is 33.0 Å². The number of amides is 1. The zero-order valence-electron chi connectivity index (χ0n) is 16.8. The number of fused-ring (bicyclic) bond motifs is 1. The number of nitrogens with zero attached hydrogens (tertiary/aromatic N) is 2. The van der Waals surface area contributed by atoms with Crippen molar-refractivity contribution < 1.29 is 4.79 Å². The van der Waals surface area contributed by atoms with E-state index < -0.39 is 0 Å². The Labute approximate surface area is 167 Å². The fourth-order valence-corrected chi connectivity index (χ4v) is 3.51. The molecule has 148 valence electrons. The molecule has 0 bridgehead atoms. The maximum atomic E-state index is 12.0. The normalized spacial score (nSPS) is 16.5. The van der Waals surface area contributed by atoms with Crippen molar-refractivity contribution in [3.8, 4) is 0 Å². The average molecular weight is 380 g/mol. The van der Waals surface area contributed by atoms with Gasteiger partial charge in [0.25, 0.3) is 0 Å². The number of nitrogens with one attached hydrogen (secondary N) is 3. The van der Waals surface area contributed by atoms with Gasteiger partial charge < -0.3 is 20.9 Å². The predicted molar refractivity (Wildman–Crippen MR) is 114 cm³/mol. The van der Waals surface area contributed by atoms with Crippen LogP contribution in [0.3, 0.4) is 0 Å². The average Bonchev–Trinajstić information content (AvgIpc) is 2.67. The van der Waals surface area contributed by atoms with E-state index in [2.05, 4.69) is 70.3 Å². The van der Waals surface area contributed by atoms with E-state index in [1.165, 1.54) is 16.7 Å². The highest BCUT2D eigenvalue weighted by atomic mass is 16.1. The summed E-state index contributed by atoms with van der Waals surface area (Å²) in [5.74, 6) is 0.930. The molecule has 0 fully saturated rings. The minimum absolute atomic E-state index is 0.0613. The molecule has 0 aliphatic carbocycles. The van der Waals surface area contributed by atoms with Gasteiger partial charge in [-0.25, -0.2) is 0 Å². The number of aliphatic imine (C=N–C) groups is 1. The highest BCUT2D eigenvalue weighted by molar-refractivity contribution is 5.94. The molecule has 1 aliphatic rings. The van der Waals surface area contributed by atoms with Gasteiger partial charge in [0.2, 0.25) is 5.91 Å². The summed E-state index contributed by atoms with van der Waals surface area (Å²) in [4.78, 5) is 18.5. The molecule has 0 saturated carbocycles. The van der Waals surface area contributed by atoms with Gasteiger partial charge in [-0.2, -0.15) is 0 Å². The Morgan fingerprint density at radius 3 is 2.71 bits per heavy atom. The fraction of sp³-hybridized carbons (Fsp3) is 0.364. The number of rotatable bonds is 6. The summed E-state index contributed by atoms with van der Waals surface area (Å²) in [5.41, 5.74) is 4.58. The maximum absolute atomic E-state index is 12.0. The molecule has 28 heavy (non-hydrogen) atoms. The van der Waals surface area contributed by atoms with E-state index in [-0.39, 0.29) is 11.8 Å². The summed E-state index contributed by atoms with van der Waals surface area (Å²) in [6, 6.07) is 16.5. The largest absolute Gasteiger partial charge is 0.356 e. The summed E-state index contributed by atoms with van der Waals surface area (Å²) >= 11 is 0. The second kappa shape index (κ2) is 9.37. The van der Waals surface area contributed by atoms with Crippen molar-refractivity contribution in [3.05, 3.63) is 65.2 Å². The number of guanidine groups is 1. The van der Waals surface area contributed by atoms with E-state index in [4.69, 9.17) is 0 Å². The summed E-state index contributed by atoms with van der Waals surface area (Å²) < 4.78 is 0. The van der Waals surface area contributed by atoms with Crippen LogP contribution in [0.15, 0.2) is 53.5 Å². The first-order valence-corrected chi connectivity index (χ1v) is 9.61. The molecule has 6 heteroatoms. The molecule has 0 saturated heterocycles. The maximum Gasteiger partial charge on any atom is 0.225 e. The van der Waals surface area contributed by atoms with Crippen LogP contribution in [0.1, 0.15) is 29.0 Å². The zero-order valence-corrected chi connectivity index (χ0v) is 16.8. The Morgan fingerprint density at radius 1 is 1.14 bits per heavy atom. The lowest BCUT2D eigenvalue weighted by Gasteiger charge is -2.26. The molecule has 1 heterocycles. The van der Waals surface area contributed by atoms with Crippen molar-refractivity contribution in [1.82, 2.24) is 15.5 Å². The zero-order chi connectivity index (χ0) is 19.9. The molecule has 6 nitrogen and oxygen atoms in total. The summed E-state index contributed by atoms with van der Waals surface area (Å²) in [6.45, 7) is 2.28. The van der Waals surface area contributed by atoms with Gasteiger partial charge >= 0.3 is 0 Å². The second-order valence-corrected chi connectivity index (χ2v) is 7.40. The van der Waals surface area contributed by atoms with Gasteiger partial charge in [-0.1, -0.05) is 42.5 Å². The first kappa shape index (κ1) is 19.9. The summed E-state index contributed by atoms with van der Waals surface area (Å²) in [5, 5.41) is 9.67. The Hall–Kier alpha value is -2.86. The van der Waals surface area contributed by atoms with E-state index >= 15 is 0 Å². The molecule has 1 amide bonds. The Balaban J connectivity index is 1.57. The van der Waals surface area contributed by atoms with Crippen molar-refractivity contribution in [1.29, 1.82) is 0 Å². The Morgan fingerprint density at radius 2 is 1.93 bits per heavy atom. The number of para-hydroxylation sites is 1. The van der Waals surface area contributed by atoms with Gasteiger partial charge in [0.15, 0.2) is 5.96 Å². The molecule has 2 aromatic rings. The second-order valence-electron chi connectivity index (χ2n) is 7.40. The van der Waals surface area contributed by atoms with Crippen LogP contribution in [0.2, 0.25) is 0 Å². The molecule has 2 aromatic carbocycles. The number of anilines is 1. The van der Waals surface area contributed by atoms with Crippen LogP contribution in [-0.2, 0) is 17.9 Å². The number of hydrogen-bond acceptors (Lipinski definition) is 3. The quantitative estimate of drug-likeness (QED) is 0.533. The van der Waals surface area contributed by atoms with E-state index in [1.54, 1.807) is 7.05 Å². The third kappa shape index (κ3) is 5.33. The van der Waals surface area contributed by atoms with Gasteiger partial charge in [-0.3, -0.25) is 9.79 Å². The van der Waals surface area contributed by atoms with E-state index in [0.717, 1.165) is 18.2 Å². The third-order valence-corrected chi connectivity index (χ3v) is 4.80. The van der Waals surface area contributed by atoms with Crippen molar-refractivity contribution in [2.45, 2.75) is 25.4 Å². The molecule has 1 aliphatic heterocycles. The SMILES string of the molecule is CN=C(NCc1cccc(CN(C)C)c1)NCC1CC(=O)Nc2ccccc21. The van der Waals surface area contributed by atoms with Gasteiger partial charge in [0, 0.05) is 44.7 Å². The lowest BCUT2D eigenvalue weighted by Crippen LogP contribution is -2.40. The van der Waals surface area contributed by atoms with Crippen molar-refractivity contribution in [3.63, 3.8) is 0 Å². The molecular weight excluding hydrogens is 350 g/mol. The monoisotopic (exact) mass is 379 g/mol. The predicted octanol–water partition coefficient (Wildman–Crippen LogP) is 2.54. The van der Waals surface area contributed by atoms with E-state index in [9.17, 15) is 4.79 Å². The Kier molecular flexibility index (Phi) is 6.66. The van der Waals surface area contributed by atoms with E-state index in [1.807, 2.05) is 18.2 Å². The number of hydrogen-bond donors (Lipinski definition) is 3. The van der Waals surface area contributed by atoms with Gasteiger partial charge in [-0.05, 0) is 36.9 Å². The van der Waals surface area contributed by atoms with Gasteiger partial charge in [-0.15, -0.1) is 0 Å². The molecule has 1 unspecified atom stereocenters. The van der Waals surface area contributed by atoms with Crippen LogP contribution < -0.4 is 16.0 Å². The van der Waals surface area contributed by atoms with E-state index in [0.29, 0.717) is 19.5 Å². The molecular formula is C22H29N5O. The lowest BCUT2D eigenvalue weighted by atomic mass is 9.90. The first-order chi connectivity index (χ1) is 13.5. The molecule has 1 atom stereocenters. The standard InChI is InChI=1S/C22H29N5O/c1-23-22(24-13-16-7-6-8-17(11-16)15-27(2)3)25-14-18-12-21(28)26-20-10-5-4-9-19(18)20/h4-11,18H,12-15H2,1-3H3,(H,26,28)(H2,23,24,25). The van der Waals surface area contributed by atoms with Crippen molar-refractivity contribution >= 4 is 17.6 Å². The molecule has 0 spiro atoms. The topological polar surface area (TPSA) is 68.8 Å². The van der Waals surface area contributed by atoms with Gasteiger partial charge in [0.1, 0.15) is 0 Å². The first-order valence-electron chi connectivity index (χ1n) is 9.61. The van der Waals surface area contributed by atoms with Crippen LogP contribution in [0, 0.1) is 0 Å². The summed E-state index contributed by atoms with van der Waals surface area (Å²) in [6.07, 6.45) is 0.480. The smallest absolute Gasteiger partial charge is 0.225 e. The van der Waals surface area contributed by atoms with Gasteiger partial charge in [0.05, 0.1) is 0 Å². The molecule has 3 rings (SSSR count). The van der Waals surface area contributed by atoms with Crippen LogP contribution in [-0.4, -0.2) is 44.5 Å².